The average molecular weight is 430 g/mol. The summed E-state index contributed by atoms with van der Waals surface area (Å²) < 4.78 is 0. The van der Waals surface area contributed by atoms with Crippen molar-refractivity contribution in [3.63, 3.8) is 0 Å². The SMILES string of the molecule is N[C@@H]1CCN(c2nccnn2)C1.Nc1nnc(N[C@@H]2CCN(c3nccnn3)C2)s1. The van der Waals surface area contributed by atoms with Crippen LogP contribution in [0.2, 0.25) is 0 Å². The molecule has 0 spiro atoms. The fourth-order valence-electron chi connectivity index (χ4n) is 3.27. The topological polar surface area (TPSA) is 174 Å². The van der Waals surface area contributed by atoms with Gasteiger partial charge in [-0.05, 0) is 12.8 Å². The first-order valence-corrected chi connectivity index (χ1v) is 10.4. The van der Waals surface area contributed by atoms with Crippen molar-refractivity contribution < 1.29 is 0 Å². The Morgan fingerprint density at radius 1 is 0.867 bits per heavy atom. The van der Waals surface area contributed by atoms with Crippen LogP contribution >= 0.6 is 11.3 Å². The third kappa shape index (κ3) is 5.21. The third-order valence-corrected chi connectivity index (χ3v) is 5.37. The predicted molar refractivity (Wildman–Crippen MR) is 113 cm³/mol. The number of nitrogens with zero attached hydrogens (tertiary/aromatic N) is 10. The van der Waals surface area contributed by atoms with Crippen LogP contribution in [0.1, 0.15) is 12.8 Å². The molecule has 2 saturated heterocycles. The summed E-state index contributed by atoms with van der Waals surface area (Å²) in [6.07, 6.45) is 8.44. The van der Waals surface area contributed by atoms with Crippen molar-refractivity contribution in [2.24, 2.45) is 5.73 Å². The Labute approximate surface area is 177 Å². The number of aromatic nitrogens is 8. The van der Waals surface area contributed by atoms with Crippen molar-refractivity contribution in [1.82, 2.24) is 40.6 Å². The number of anilines is 4. The number of nitrogen functional groups attached to an aromatic ring is 1. The molecule has 0 bridgehead atoms. The Morgan fingerprint density at radius 2 is 1.53 bits per heavy atom. The molecule has 14 heteroatoms. The maximum absolute atomic E-state index is 5.74. The second kappa shape index (κ2) is 9.49. The molecule has 5 rings (SSSR count). The highest BCUT2D eigenvalue weighted by molar-refractivity contribution is 7.18. The molecule has 30 heavy (non-hydrogen) atoms. The van der Waals surface area contributed by atoms with Crippen LogP contribution in [0.15, 0.2) is 24.8 Å². The molecule has 5 N–H and O–H groups in total. The zero-order chi connectivity index (χ0) is 20.8. The molecule has 158 valence electrons. The van der Waals surface area contributed by atoms with E-state index in [2.05, 4.69) is 55.7 Å². The molecule has 0 saturated carbocycles. The second-order valence-corrected chi connectivity index (χ2v) is 7.91. The van der Waals surface area contributed by atoms with E-state index in [1.54, 1.807) is 24.8 Å². The summed E-state index contributed by atoms with van der Waals surface area (Å²) in [7, 11) is 0. The molecule has 2 fully saturated rings. The molecule has 0 aliphatic carbocycles. The smallest absolute Gasteiger partial charge is 0.245 e. The Kier molecular flexibility index (Phi) is 6.34. The monoisotopic (exact) mass is 429 g/mol. The van der Waals surface area contributed by atoms with Crippen LogP contribution in [0.25, 0.3) is 0 Å². The number of nitrogens with one attached hydrogen (secondary N) is 1. The first-order valence-electron chi connectivity index (χ1n) is 9.56. The maximum Gasteiger partial charge on any atom is 0.245 e. The summed E-state index contributed by atoms with van der Waals surface area (Å²) in [5, 5.41) is 27.8. The van der Waals surface area contributed by atoms with Crippen molar-refractivity contribution in [3.05, 3.63) is 24.8 Å². The quantitative estimate of drug-likeness (QED) is 0.480. The fraction of sp³-hybridized carbons (Fsp3) is 0.500. The van der Waals surface area contributed by atoms with Gasteiger partial charge in [0.05, 0.1) is 24.8 Å². The highest BCUT2D eigenvalue weighted by Gasteiger charge is 2.25. The standard InChI is InChI=1S/C9H12N8S.C7H11N5/c10-7-14-16-9(18-7)13-6-1-4-17(5-6)8-11-2-3-12-15-8;8-6-1-4-12(5-6)7-9-2-3-10-11-7/h2-3,6H,1,4-5H2,(H2,10,14)(H,13,16);2-3,6H,1,4-5,8H2/t2*6-/m11/s1. The minimum Gasteiger partial charge on any atom is -0.374 e. The van der Waals surface area contributed by atoms with E-state index in [1.165, 1.54) is 11.3 Å². The van der Waals surface area contributed by atoms with Crippen LogP contribution in [-0.2, 0) is 0 Å². The van der Waals surface area contributed by atoms with E-state index in [4.69, 9.17) is 11.5 Å². The average Bonchev–Trinajstić information content (AvgIpc) is 3.52. The second-order valence-electron chi connectivity index (χ2n) is 6.90. The highest BCUT2D eigenvalue weighted by atomic mass is 32.1. The van der Waals surface area contributed by atoms with Gasteiger partial charge in [0, 0.05) is 38.3 Å². The van der Waals surface area contributed by atoms with Crippen molar-refractivity contribution in [2.45, 2.75) is 24.9 Å². The van der Waals surface area contributed by atoms with Gasteiger partial charge in [0.25, 0.3) is 0 Å². The van der Waals surface area contributed by atoms with E-state index in [0.29, 0.717) is 23.1 Å². The molecule has 3 aromatic heterocycles. The van der Waals surface area contributed by atoms with Gasteiger partial charge in [-0.2, -0.15) is 10.2 Å². The molecular weight excluding hydrogens is 406 g/mol. The molecule has 0 radical (unpaired) electrons. The fourth-order valence-corrected chi connectivity index (χ4v) is 3.85. The van der Waals surface area contributed by atoms with E-state index in [-0.39, 0.29) is 6.04 Å². The lowest BCUT2D eigenvalue weighted by molar-refractivity contribution is 0.748. The summed E-state index contributed by atoms with van der Waals surface area (Å²) in [5.41, 5.74) is 11.3. The molecule has 0 amide bonds. The maximum atomic E-state index is 5.74. The number of hydrogen-bond donors (Lipinski definition) is 3. The summed E-state index contributed by atoms with van der Waals surface area (Å²) >= 11 is 1.35. The predicted octanol–water partition coefficient (Wildman–Crippen LogP) is -0.595. The Hall–Kier alpha value is -3.26. The van der Waals surface area contributed by atoms with Crippen LogP contribution in [0.3, 0.4) is 0 Å². The molecule has 5 heterocycles. The molecule has 13 nitrogen and oxygen atoms in total. The van der Waals surface area contributed by atoms with E-state index >= 15 is 0 Å². The Bertz CT molecular complexity index is 908. The summed E-state index contributed by atoms with van der Waals surface area (Å²) in [6, 6.07) is 0.565. The van der Waals surface area contributed by atoms with Gasteiger partial charge < -0.3 is 26.6 Å². The number of nitrogens with two attached hydrogens (primary N) is 2. The molecular formula is C16H23N13S. The van der Waals surface area contributed by atoms with Crippen molar-refractivity contribution in [1.29, 1.82) is 0 Å². The van der Waals surface area contributed by atoms with Crippen molar-refractivity contribution in [3.8, 4) is 0 Å². The van der Waals surface area contributed by atoms with Crippen LogP contribution in [0.4, 0.5) is 22.2 Å². The minimum absolute atomic E-state index is 0.258. The van der Waals surface area contributed by atoms with E-state index in [1.807, 2.05) is 0 Å². The molecule has 2 aliphatic heterocycles. The van der Waals surface area contributed by atoms with Crippen LogP contribution in [0, 0.1) is 0 Å². The van der Waals surface area contributed by atoms with Crippen LogP contribution in [-0.4, -0.2) is 78.8 Å². The molecule has 2 atom stereocenters. The van der Waals surface area contributed by atoms with Gasteiger partial charge in [-0.15, -0.1) is 20.4 Å². The van der Waals surface area contributed by atoms with E-state index in [9.17, 15) is 0 Å². The van der Waals surface area contributed by atoms with Gasteiger partial charge >= 0.3 is 0 Å². The molecule has 0 aromatic carbocycles. The Balaban J connectivity index is 0.000000158. The zero-order valence-electron chi connectivity index (χ0n) is 16.2. The van der Waals surface area contributed by atoms with Gasteiger partial charge in [-0.25, -0.2) is 9.97 Å². The van der Waals surface area contributed by atoms with Crippen molar-refractivity contribution >= 4 is 33.5 Å². The summed E-state index contributed by atoms with van der Waals surface area (Å²) in [6.45, 7) is 3.50. The first kappa shape index (κ1) is 20.0. The van der Waals surface area contributed by atoms with Gasteiger partial charge in [-0.3, -0.25) is 0 Å². The van der Waals surface area contributed by atoms with Gasteiger partial charge in [0.2, 0.25) is 22.2 Å². The molecule has 0 unspecified atom stereocenters. The number of hydrogen-bond acceptors (Lipinski definition) is 14. The largest absolute Gasteiger partial charge is 0.374 e. The van der Waals surface area contributed by atoms with Crippen LogP contribution in [0.5, 0.6) is 0 Å². The van der Waals surface area contributed by atoms with Crippen LogP contribution < -0.4 is 26.6 Å². The minimum atomic E-state index is 0.258. The normalized spacial score (nSPS) is 20.7. The Morgan fingerprint density at radius 3 is 2.07 bits per heavy atom. The molecule has 2 aliphatic rings. The summed E-state index contributed by atoms with van der Waals surface area (Å²) in [5.74, 6) is 1.35. The third-order valence-electron chi connectivity index (χ3n) is 4.69. The summed E-state index contributed by atoms with van der Waals surface area (Å²) in [4.78, 5) is 12.4. The van der Waals surface area contributed by atoms with E-state index < -0.39 is 0 Å². The zero-order valence-corrected chi connectivity index (χ0v) is 17.1. The van der Waals surface area contributed by atoms with E-state index in [0.717, 1.165) is 44.2 Å². The molecule has 3 aromatic rings. The van der Waals surface area contributed by atoms with Gasteiger partial charge in [-0.1, -0.05) is 11.3 Å². The number of rotatable bonds is 4. The van der Waals surface area contributed by atoms with Crippen molar-refractivity contribution in [2.75, 3.05) is 47.0 Å². The first-order chi connectivity index (χ1) is 14.7. The lowest BCUT2D eigenvalue weighted by Crippen LogP contribution is -2.27. The lowest BCUT2D eigenvalue weighted by Gasteiger charge is -2.15. The highest BCUT2D eigenvalue weighted by Crippen LogP contribution is 2.22. The van der Waals surface area contributed by atoms with Gasteiger partial charge in [0.15, 0.2) is 0 Å². The lowest BCUT2D eigenvalue weighted by atomic mass is 10.3. The van der Waals surface area contributed by atoms with Gasteiger partial charge in [0.1, 0.15) is 0 Å².